The highest BCUT2D eigenvalue weighted by Crippen LogP contribution is 2.37. The zero-order chi connectivity index (χ0) is 19.8. The average molecular weight is 396 g/mol. The van der Waals surface area contributed by atoms with Gasteiger partial charge in [-0.05, 0) is 56.9 Å². The third-order valence-electron chi connectivity index (χ3n) is 4.06. The van der Waals surface area contributed by atoms with Crippen LogP contribution in [0.25, 0.3) is 6.08 Å². The minimum Gasteiger partial charge on any atom is -0.493 e. The van der Waals surface area contributed by atoms with Gasteiger partial charge in [0.1, 0.15) is 0 Å². The van der Waals surface area contributed by atoms with Gasteiger partial charge in [-0.3, -0.25) is 4.79 Å². The van der Waals surface area contributed by atoms with Gasteiger partial charge in [0.25, 0.3) is 5.91 Å². The normalized spacial score (nSPS) is 14.5. The molecule has 7 heteroatoms. The number of esters is 1. The summed E-state index contributed by atoms with van der Waals surface area (Å²) in [4.78, 5) is 25.6. The molecule has 1 fully saturated rings. The summed E-state index contributed by atoms with van der Waals surface area (Å²) in [6, 6.07) is 3.39. The number of rotatable bonds is 7. The van der Waals surface area contributed by atoms with Crippen LogP contribution in [0.5, 0.6) is 11.5 Å². The number of carbonyl (C=O) groups is 2. The van der Waals surface area contributed by atoms with Crippen molar-refractivity contribution in [1.29, 1.82) is 0 Å². The van der Waals surface area contributed by atoms with E-state index in [2.05, 4.69) is 0 Å². The molecule has 0 saturated carbocycles. The van der Waals surface area contributed by atoms with Crippen molar-refractivity contribution in [2.45, 2.75) is 39.2 Å². The molecule has 27 heavy (non-hydrogen) atoms. The SMILES string of the molecule is COc1cc(/C=C/C(=O)OCC(=O)N2CCCCC2)cc(Cl)c1OC(C)C. The Bertz CT molecular complexity index is 696. The summed E-state index contributed by atoms with van der Waals surface area (Å²) in [7, 11) is 1.52. The molecule has 1 saturated heterocycles. The van der Waals surface area contributed by atoms with Crippen LogP contribution in [-0.2, 0) is 14.3 Å². The number of piperidine rings is 1. The van der Waals surface area contributed by atoms with Crippen molar-refractivity contribution in [2.75, 3.05) is 26.8 Å². The summed E-state index contributed by atoms with van der Waals surface area (Å²) in [5.74, 6) is 0.194. The minimum atomic E-state index is -0.585. The van der Waals surface area contributed by atoms with Crippen molar-refractivity contribution in [1.82, 2.24) is 4.90 Å². The Balaban J connectivity index is 1.95. The molecule has 1 aliphatic rings. The number of carbonyl (C=O) groups excluding carboxylic acids is 2. The van der Waals surface area contributed by atoms with Gasteiger partial charge in [-0.2, -0.15) is 0 Å². The molecule has 0 aliphatic carbocycles. The molecule has 0 radical (unpaired) electrons. The lowest BCUT2D eigenvalue weighted by molar-refractivity contribution is -0.148. The fourth-order valence-corrected chi connectivity index (χ4v) is 3.03. The van der Waals surface area contributed by atoms with E-state index in [9.17, 15) is 9.59 Å². The first-order chi connectivity index (χ1) is 12.9. The summed E-state index contributed by atoms with van der Waals surface area (Å²) >= 11 is 6.26. The Morgan fingerprint density at radius 3 is 2.56 bits per heavy atom. The van der Waals surface area contributed by atoms with Crippen LogP contribution in [0.4, 0.5) is 0 Å². The van der Waals surface area contributed by atoms with E-state index in [0.717, 1.165) is 32.4 Å². The van der Waals surface area contributed by atoms with Crippen LogP contribution in [0.3, 0.4) is 0 Å². The number of methoxy groups -OCH3 is 1. The lowest BCUT2D eigenvalue weighted by Crippen LogP contribution is -2.38. The molecule has 1 amide bonds. The predicted molar refractivity (Wildman–Crippen MR) is 104 cm³/mol. The van der Waals surface area contributed by atoms with Gasteiger partial charge in [0.15, 0.2) is 18.1 Å². The van der Waals surface area contributed by atoms with Gasteiger partial charge in [-0.15, -0.1) is 0 Å². The maximum Gasteiger partial charge on any atom is 0.331 e. The lowest BCUT2D eigenvalue weighted by atomic mass is 10.1. The molecule has 0 atom stereocenters. The number of hydrogen-bond donors (Lipinski definition) is 0. The van der Waals surface area contributed by atoms with Crippen molar-refractivity contribution < 1.29 is 23.8 Å². The van der Waals surface area contributed by atoms with Crippen LogP contribution in [0, 0.1) is 0 Å². The van der Waals surface area contributed by atoms with E-state index in [1.165, 1.54) is 13.2 Å². The average Bonchev–Trinajstić information content (AvgIpc) is 2.66. The highest BCUT2D eigenvalue weighted by molar-refractivity contribution is 6.32. The van der Waals surface area contributed by atoms with Crippen molar-refractivity contribution in [2.24, 2.45) is 0 Å². The fourth-order valence-electron chi connectivity index (χ4n) is 2.77. The monoisotopic (exact) mass is 395 g/mol. The molecule has 2 rings (SSSR count). The molecule has 1 heterocycles. The summed E-state index contributed by atoms with van der Waals surface area (Å²) in [6.07, 6.45) is 5.90. The molecule has 1 aromatic carbocycles. The second-order valence-corrected chi connectivity index (χ2v) is 6.99. The Kier molecular flexibility index (Phi) is 7.98. The Morgan fingerprint density at radius 1 is 1.22 bits per heavy atom. The molecule has 6 nitrogen and oxygen atoms in total. The van der Waals surface area contributed by atoms with Crippen LogP contribution in [0.2, 0.25) is 5.02 Å². The molecular weight excluding hydrogens is 370 g/mol. The largest absolute Gasteiger partial charge is 0.493 e. The quantitative estimate of drug-likeness (QED) is 0.520. The van der Waals surface area contributed by atoms with Gasteiger partial charge in [-0.1, -0.05) is 11.6 Å². The van der Waals surface area contributed by atoms with Crippen LogP contribution in [0.15, 0.2) is 18.2 Å². The second kappa shape index (κ2) is 10.2. The summed E-state index contributed by atoms with van der Waals surface area (Å²) in [5, 5.41) is 0.386. The van der Waals surface area contributed by atoms with E-state index in [0.29, 0.717) is 22.1 Å². The van der Waals surface area contributed by atoms with E-state index >= 15 is 0 Å². The van der Waals surface area contributed by atoms with E-state index in [1.54, 1.807) is 23.1 Å². The molecule has 1 aromatic rings. The van der Waals surface area contributed by atoms with Crippen molar-refractivity contribution in [3.8, 4) is 11.5 Å². The fraction of sp³-hybridized carbons (Fsp3) is 0.500. The molecule has 0 unspecified atom stereocenters. The maximum atomic E-state index is 12.0. The Hall–Kier alpha value is -2.21. The second-order valence-electron chi connectivity index (χ2n) is 6.58. The van der Waals surface area contributed by atoms with E-state index < -0.39 is 5.97 Å². The summed E-state index contributed by atoms with van der Waals surface area (Å²) in [6.45, 7) is 5.01. The summed E-state index contributed by atoms with van der Waals surface area (Å²) < 4.78 is 16.0. The first kappa shape index (κ1) is 21.1. The lowest BCUT2D eigenvalue weighted by Gasteiger charge is -2.26. The van der Waals surface area contributed by atoms with Crippen LogP contribution in [0.1, 0.15) is 38.7 Å². The first-order valence-electron chi connectivity index (χ1n) is 9.07. The molecular formula is C20H26ClNO5. The highest BCUT2D eigenvalue weighted by atomic mass is 35.5. The number of benzene rings is 1. The topological polar surface area (TPSA) is 65.1 Å². The molecule has 1 aliphatic heterocycles. The number of amides is 1. The van der Waals surface area contributed by atoms with Crippen LogP contribution >= 0.6 is 11.6 Å². The molecule has 148 valence electrons. The van der Waals surface area contributed by atoms with Gasteiger partial charge in [0, 0.05) is 19.2 Å². The van der Waals surface area contributed by atoms with Crippen molar-refractivity contribution in [3.63, 3.8) is 0 Å². The number of hydrogen-bond acceptors (Lipinski definition) is 5. The molecule has 0 aromatic heterocycles. The number of nitrogens with zero attached hydrogens (tertiary/aromatic N) is 1. The molecule has 0 N–H and O–H groups in total. The van der Waals surface area contributed by atoms with Gasteiger partial charge in [0.2, 0.25) is 0 Å². The van der Waals surface area contributed by atoms with E-state index in [1.807, 2.05) is 13.8 Å². The smallest absolute Gasteiger partial charge is 0.331 e. The third-order valence-corrected chi connectivity index (χ3v) is 4.34. The zero-order valence-electron chi connectivity index (χ0n) is 16.0. The summed E-state index contributed by atoms with van der Waals surface area (Å²) in [5.41, 5.74) is 0.660. The van der Waals surface area contributed by atoms with Gasteiger partial charge >= 0.3 is 5.97 Å². The minimum absolute atomic E-state index is 0.0507. The third kappa shape index (κ3) is 6.47. The number of likely N-dealkylation sites (tertiary alicyclic amines) is 1. The van der Waals surface area contributed by atoms with Crippen molar-refractivity contribution >= 4 is 29.6 Å². The Labute approximate surface area is 165 Å². The predicted octanol–water partition coefficient (Wildman–Crippen LogP) is 3.70. The number of halogens is 1. The zero-order valence-corrected chi connectivity index (χ0v) is 16.8. The van der Waals surface area contributed by atoms with Crippen LogP contribution < -0.4 is 9.47 Å². The maximum absolute atomic E-state index is 12.0. The van der Waals surface area contributed by atoms with Gasteiger partial charge in [0.05, 0.1) is 18.2 Å². The number of ether oxygens (including phenoxy) is 3. The highest BCUT2D eigenvalue weighted by Gasteiger charge is 2.17. The van der Waals surface area contributed by atoms with E-state index in [4.69, 9.17) is 25.8 Å². The van der Waals surface area contributed by atoms with E-state index in [-0.39, 0.29) is 18.6 Å². The van der Waals surface area contributed by atoms with Crippen molar-refractivity contribution in [3.05, 3.63) is 28.8 Å². The standard InChI is InChI=1S/C20H26ClNO5/c1-14(2)27-20-16(21)11-15(12-17(20)25-3)7-8-19(24)26-13-18(23)22-9-5-4-6-10-22/h7-8,11-12,14H,4-6,9-10,13H2,1-3H3/b8-7+. The van der Waals surface area contributed by atoms with Gasteiger partial charge < -0.3 is 19.1 Å². The van der Waals surface area contributed by atoms with Gasteiger partial charge in [-0.25, -0.2) is 4.79 Å². The molecule has 0 bridgehead atoms. The molecule has 0 spiro atoms. The Morgan fingerprint density at radius 2 is 1.93 bits per heavy atom. The first-order valence-corrected chi connectivity index (χ1v) is 9.45. The van der Waals surface area contributed by atoms with Crippen LogP contribution in [-0.4, -0.2) is 49.7 Å².